The van der Waals surface area contributed by atoms with Gasteiger partial charge in [0.1, 0.15) is 6.10 Å². The van der Waals surface area contributed by atoms with Crippen LogP contribution >= 0.6 is 0 Å². The molecule has 2 fully saturated rings. The summed E-state index contributed by atoms with van der Waals surface area (Å²) in [5, 5.41) is 3.09. The number of carbonyl (C=O) groups excluding carboxylic acids is 1. The Hall–Kier alpha value is -1.43. The molecule has 5 heteroatoms. The summed E-state index contributed by atoms with van der Waals surface area (Å²) in [6.45, 7) is 6.71. The van der Waals surface area contributed by atoms with E-state index < -0.39 is 0 Å². The van der Waals surface area contributed by atoms with E-state index in [4.69, 9.17) is 9.47 Å². The quantitative estimate of drug-likeness (QED) is 0.897. The van der Waals surface area contributed by atoms with Crippen LogP contribution in [-0.2, 0) is 14.3 Å². The van der Waals surface area contributed by atoms with Crippen LogP contribution in [-0.4, -0.2) is 56.4 Å². The number of hydrogen-bond donors (Lipinski definition) is 1. The van der Waals surface area contributed by atoms with Crippen LogP contribution in [0.25, 0.3) is 0 Å². The van der Waals surface area contributed by atoms with E-state index in [0.29, 0.717) is 13.2 Å². The third-order valence-electron chi connectivity index (χ3n) is 4.61. The van der Waals surface area contributed by atoms with E-state index in [1.807, 2.05) is 0 Å². The van der Waals surface area contributed by atoms with Crippen LogP contribution < -0.4 is 5.32 Å². The monoisotopic (exact) mass is 318 g/mol. The van der Waals surface area contributed by atoms with Gasteiger partial charge in [-0.1, -0.05) is 29.8 Å². The second-order valence-electron chi connectivity index (χ2n) is 6.33. The van der Waals surface area contributed by atoms with Crippen molar-refractivity contribution in [1.82, 2.24) is 10.2 Å². The minimum Gasteiger partial charge on any atom is -0.379 e. The predicted octanol–water partition coefficient (Wildman–Crippen LogP) is 1.66. The molecule has 2 heterocycles. The molecule has 0 bridgehead atoms. The van der Waals surface area contributed by atoms with Crippen LogP contribution in [0.5, 0.6) is 0 Å². The molecule has 0 aliphatic carbocycles. The van der Waals surface area contributed by atoms with Crippen LogP contribution in [0.15, 0.2) is 24.3 Å². The number of ether oxygens (including phenoxy) is 2. The molecule has 0 aromatic heterocycles. The number of benzene rings is 1. The van der Waals surface area contributed by atoms with Gasteiger partial charge in [0, 0.05) is 26.2 Å². The molecule has 3 rings (SSSR count). The Kier molecular flexibility index (Phi) is 5.65. The van der Waals surface area contributed by atoms with Gasteiger partial charge in [0.25, 0.3) is 0 Å². The maximum absolute atomic E-state index is 12.3. The highest BCUT2D eigenvalue weighted by molar-refractivity contribution is 5.81. The SMILES string of the molecule is Cc1cccc(C(CNC(=O)C2CCCO2)N2CCOCC2)c1. The number of aryl methyl sites for hydroxylation is 1. The van der Waals surface area contributed by atoms with Crippen molar-refractivity contribution in [2.45, 2.75) is 31.9 Å². The topological polar surface area (TPSA) is 50.8 Å². The van der Waals surface area contributed by atoms with Crippen molar-refractivity contribution in [1.29, 1.82) is 0 Å². The summed E-state index contributed by atoms with van der Waals surface area (Å²) < 4.78 is 10.9. The number of rotatable bonds is 5. The first-order valence-corrected chi connectivity index (χ1v) is 8.52. The molecule has 2 saturated heterocycles. The van der Waals surface area contributed by atoms with E-state index in [1.165, 1.54) is 11.1 Å². The summed E-state index contributed by atoms with van der Waals surface area (Å²) in [4.78, 5) is 14.6. The van der Waals surface area contributed by atoms with E-state index in [-0.39, 0.29) is 18.1 Å². The second kappa shape index (κ2) is 7.90. The van der Waals surface area contributed by atoms with Crippen molar-refractivity contribution >= 4 is 5.91 Å². The molecule has 5 nitrogen and oxygen atoms in total. The molecule has 1 amide bonds. The van der Waals surface area contributed by atoms with Gasteiger partial charge in [-0.05, 0) is 25.3 Å². The third kappa shape index (κ3) is 4.31. The van der Waals surface area contributed by atoms with E-state index in [2.05, 4.69) is 41.4 Å². The average molecular weight is 318 g/mol. The van der Waals surface area contributed by atoms with Crippen molar-refractivity contribution in [3.05, 3.63) is 35.4 Å². The van der Waals surface area contributed by atoms with Crippen LogP contribution in [0.2, 0.25) is 0 Å². The lowest BCUT2D eigenvalue weighted by atomic mass is 10.0. The highest BCUT2D eigenvalue weighted by Crippen LogP contribution is 2.22. The number of nitrogens with one attached hydrogen (secondary N) is 1. The maximum atomic E-state index is 12.3. The molecule has 1 aromatic rings. The molecule has 126 valence electrons. The Morgan fingerprint density at radius 3 is 2.87 bits per heavy atom. The zero-order valence-electron chi connectivity index (χ0n) is 13.8. The summed E-state index contributed by atoms with van der Waals surface area (Å²) in [7, 11) is 0. The van der Waals surface area contributed by atoms with E-state index >= 15 is 0 Å². The van der Waals surface area contributed by atoms with Gasteiger partial charge in [0.15, 0.2) is 0 Å². The summed E-state index contributed by atoms with van der Waals surface area (Å²) in [6, 6.07) is 8.72. The van der Waals surface area contributed by atoms with Crippen molar-refractivity contribution < 1.29 is 14.3 Å². The Bertz CT molecular complexity index is 523. The highest BCUT2D eigenvalue weighted by Gasteiger charge is 2.27. The van der Waals surface area contributed by atoms with Gasteiger partial charge in [-0.25, -0.2) is 0 Å². The minimum atomic E-state index is -0.266. The molecule has 2 aliphatic heterocycles. The summed E-state index contributed by atoms with van der Waals surface area (Å²) in [6.07, 6.45) is 1.54. The lowest BCUT2D eigenvalue weighted by Crippen LogP contribution is -2.45. The normalized spacial score (nSPS) is 23.6. The molecular weight excluding hydrogens is 292 g/mol. The van der Waals surface area contributed by atoms with Gasteiger partial charge in [0.05, 0.1) is 19.3 Å². The molecule has 0 spiro atoms. The maximum Gasteiger partial charge on any atom is 0.249 e. The van der Waals surface area contributed by atoms with Crippen LogP contribution in [0.4, 0.5) is 0 Å². The van der Waals surface area contributed by atoms with Gasteiger partial charge in [-0.3, -0.25) is 9.69 Å². The van der Waals surface area contributed by atoms with Gasteiger partial charge >= 0.3 is 0 Å². The van der Waals surface area contributed by atoms with Gasteiger partial charge in [-0.2, -0.15) is 0 Å². The Morgan fingerprint density at radius 2 is 2.17 bits per heavy atom. The van der Waals surface area contributed by atoms with E-state index in [9.17, 15) is 4.79 Å². The molecule has 23 heavy (non-hydrogen) atoms. The predicted molar refractivity (Wildman–Crippen MR) is 88.3 cm³/mol. The minimum absolute atomic E-state index is 0.0217. The van der Waals surface area contributed by atoms with Crippen LogP contribution in [0, 0.1) is 6.92 Å². The van der Waals surface area contributed by atoms with Crippen molar-refractivity contribution in [2.24, 2.45) is 0 Å². The van der Waals surface area contributed by atoms with Gasteiger partial charge in [-0.15, -0.1) is 0 Å². The fourth-order valence-electron chi connectivity index (χ4n) is 3.32. The fraction of sp³-hybridized carbons (Fsp3) is 0.611. The Balaban J connectivity index is 1.68. The second-order valence-corrected chi connectivity index (χ2v) is 6.33. The fourth-order valence-corrected chi connectivity index (χ4v) is 3.32. The van der Waals surface area contributed by atoms with Crippen molar-refractivity contribution in [3.8, 4) is 0 Å². The van der Waals surface area contributed by atoms with Crippen LogP contribution in [0.1, 0.15) is 30.0 Å². The molecule has 1 aromatic carbocycles. The van der Waals surface area contributed by atoms with E-state index in [0.717, 1.165) is 39.1 Å². The standard InChI is InChI=1S/C18H26N2O3/c1-14-4-2-5-15(12-14)16(20-7-10-22-11-8-20)13-19-18(21)17-6-3-9-23-17/h2,4-5,12,16-17H,3,6-11,13H2,1H3,(H,19,21). The first kappa shape index (κ1) is 16.4. The van der Waals surface area contributed by atoms with Gasteiger partial charge < -0.3 is 14.8 Å². The molecular formula is C18H26N2O3. The first-order valence-electron chi connectivity index (χ1n) is 8.52. The average Bonchev–Trinajstić information content (AvgIpc) is 3.10. The molecule has 1 N–H and O–H groups in total. The first-order chi connectivity index (χ1) is 11.2. The number of nitrogens with zero attached hydrogens (tertiary/aromatic N) is 1. The summed E-state index contributed by atoms with van der Waals surface area (Å²) in [5.74, 6) is 0.0217. The van der Waals surface area contributed by atoms with Crippen molar-refractivity contribution in [2.75, 3.05) is 39.5 Å². The molecule has 2 aliphatic rings. The van der Waals surface area contributed by atoms with Crippen molar-refractivity contribution in [3.63, 3.8) is 0 Å². The Labute approximate surface area is 137 Å². The number of amides is 1. The summed E-state index contributed by atoms with van der Waals surface area (Å²) >= 11 is 0. The lowest BCUT2D eigenvalue weighted by Gasteiger charge is -2.35. The molecule has 2 atom stereocenters. The van der Waals surface area contributed by atoms with Gasteiger partial charge in [0.2, 0.25) is 5.91 Å². The third-order valence-corrected chi connectivity index (χ3v) is 4.61. The smallest absolute Gasteiger partial charge is 0.249 e. The van der Waals surface area contributed by atoms with E-state index in [1.54, 1.807) is 0 Å². The molecule has 2 unspecified atom stereocenters. The zero-order chi connectivity index (χ0) is 16.1. The molecule has 0 saturated carbocycles. The number of carbonyl (C=O) groups is 1. The molecule has 0 radical (unpaired) electrons. The highest BCUT2D eigenvalue weighted by atomic mass is 16.5. The largest absolute Gasteiger partial charge is 0.379 e. The number of hydrogen-bond acceptors (Lipinski definition) is 4. The number of morpholine rings is 1. The zero-order valence-corrected chi connectivity index (χ0v) is 13.8. The van der Waals surface area contributed by atoms with Crippen LogP contribution in [0.3, 0.4) is 0 Å². The summed E-state index contributed by atoms with van der Waals surface area (Å²) in [5.41, 5.74) is 2.49. The Morgan fingerprint density at radius 1 is 1.35 bits per heavy atom. The lowest BCUT2D eigenvalue weighted by molar-refractivity contribution is -0.130.